The summed E-state index contributed by atoms with van der Waals surface area (Å²) in [4.78, 5) is 0. The Morgan fingerprint density at radius 3 is 2.50 bits per heavy atom. The van der Waals surface area contributed by atoms with Crippen LogP contribution >= 0.6 is 11.6 Å². The molecular weight excluding hydrogens is 172 g/mol. The molecule has 0 amide bonds. The fourth-order valence-electron chi connectivity index (χ4n) is 1.76. The summed E-state index contributed by atoms with van der Waals surface area (Å²) in [6, 6.07) is 0. The number of hydrogen-bond donors (Lipinski definition) is 0. The van der Waals surface area contributed by atoms with Crippen molar-refractivity contribution < 1.29 is 4.74 Å². The lowest BCUT2D eigenvalue weighted by atomic mass is 9.65. The predicted octanol–water partition coefficient (Wildman–Crippen LogP) is 3.21. The second-order valence-corrected chi connectivity index (χ2v) is 4.76. The molecule has 0 spiro atoms. The van der Waals surface area contributed by atoms with Gasteiger partial charge in [-0.25, -0.2) is 0 Å². The molecule has 0 bridgehead atoms. The van der Waals surface area contributed by atoms with Gasteiger partial charge in [0, 0.05) is 10.8 Å². The first-order valence-electron chi connectivity index (χ1n) is 4.80. The summed E-state index contributed by atoms with van der Waals surface area (Å²) in [5.74, 6) is 0. The van der Waals surface area contributed by atoms with Crippen molar-refractivity contribution in [3.05, 3.63) is 0 Å². The van der Waals surface area contributed by atoms with Crippen molar-refractivity contribution in [2.24, 2.45) is 5.41 Å². The number of hydrogen-bond acceptors (Lipinski definition) is 1. The molecule has 12 heavy (non-hydrogen) atoms. The molecule has 1 fully saturated rings. The summed E-state index contributed by atoms with van der Waals surface area (Å²) in [5, 5.41) is 0.311. The van der Waals surface area contributed by atoms with Gasteiger partial charge in [-0.3, -0.25) is 0 Å². The quantitative estimate of drug-likeness (QED) is 0.621. The molecule has 1 aliphatic rings. The molecule has 0 aromatic carbocycles. The summed E-state index contributed by atoms with van der Waals surface area (Å²) < 4.78 is 5.78. The van der Waals surface area contributed by atoms with E-state index in [1.165, 1.54) is 0 Å². The molecule has 1 aliphatic carbocycles. The molecule has 2 heteroatoms. The topological polar surface area (TPSA) is 9.23 Å². The average Bonchev–Trinajstić information content (AvgIpc) is 2.02. The predicted molar refractivity (Wildman–Crippen MR) is 52.7 cm³/mol. The smallest absolute Gasteiger partial charge is 0.0660 e. The minimum Gasteiger partial charge on any atom is -0.375 e. The highest BCUT2D eigenvalue weighted by Crippen LogP contribution is 2.49. The summed E-state index contributed by atoms with van der Waals surface area (Å²) in [5.41, 5.74) is 0.214. The Labute approximate surface area is 80.4 Å². The molecule has 3 atom stereocenters. The van der Waals surface area contributed by atoms with Gasteiger partial charge in [0.1, 0.15) is 0 Å². The first kappa shape index (κ1) is 10.3. The Balaban J connectivity index is 2.48. The second-order valence-electron chi connectivity index (χ2n) is 4.24. The largest absolute Gasteiger partial charge is 0.375 e. The first-order chi connectivity index (χ1) is 5.50. The van der Waals surface area contributed by atoms with Crippen molar-refractivity contribution in [3.63, 3.8) is 0 Å². The van der Waals surface area contributed by atoms with E-state index >= 15 is 0 Å². The molecule has 1 rings (SSSR count). The molecule has 3 unspecified atom stereocenters. The van der Waals surface area contributed by atoms with Crippen LogP contribution in [0.25, 0.3) is 0 Å². The molecule has 0 aliphatic heterocycles. The van der Waals surface area contributed by atoms with E-state index in [2.05, 4.69) is 27.7 Å². The van der Waals surface area contributed by atoms with Gasteiger partial charge in [0.05, 0.1) is 12.2 Å². The maximum absolute atomic E-state index is 6.15. The molecular formula is C10H19ClO. The zero-order chi connectivity index (χ0) is 9.35. The summed E-state index contributed by atoms with van der Waals surface area (Å²) in [7, 11) is 0. The van der Waals surface area contributed by atoms with Crippen LogP contribution in [-0.4, -0.2) is 17.6 Å². The van der Waals surface area contributed by atoms with Crippen LogP contribution in [-0.2, 0) is 4.74 Å². The number of ether oxygens (including phenoxy) is 1. The fourth-order valence-corrected chi connectivity index (χ4v) is 2.21. The van der Waals surface area contributed by atoms with Crippen molar-refractivity contribution in [1.82, 2.24) is 0 Å². The van der Waals surface area contributed by atoms with Crippen molar-refractivity contribution >= 4 is 11.6 Å². The Kier molecular flexibility index (Phi) is 3.06. The SMILES string of the molecule is CCC1(C)C(Cl)CC1OC(C)C. The lowest BCUT2D eigenvalue weighted by molar-refractivity contribution is -0.123. The third kappa shape index (κ3) is 1.62. The van der Waals surface area contributed by atoms with E-state index < -0.39 is 0 Å². The Morgan fingerprint density at radius 2 is 2.17 bits per heavy atom. The van der Waals surface area contributed by atoms with Gasteiger partial charge >= 0.3 is 0 Å². The van der Waals surface area contributed by atoms with Crippen molar-refractivity contribution in [1.29, 1.82) is 0 Å². The zero-order valence-electron chi connectivity index (χ0n) is 8.43. The monoisotopic (exact) mass is 190 g/mol. The standard InChI is InChI=1S/C10H19ClO/c1-5-10(4)8(11)6-9(10)12-7(2)3/h7-9H,5-6H2,1-4H3. The highest BCUT2D eigenvalue weighted by atomic mass is 35.5. The van der Waals surface area contributed by atoms with Crippen LogP contribution in [0.5, 0.6) is 0 Å². The molecule has 0 aromatic heterocycles. The summed E-state index contributed by atoms with van der Waals surface area (Å²) in [6.45, 7) is 8.57. The lowest BCUT2D eigenvalue weighted by Crippen LogP contribution is -2.54. The van der Waals surface area contributed by atoms with Crippen LogP contribution in [0.2, 0.25) is 0 Å². The molecule has 0 N–H and O–H groups in total. The van der Waals surface area contributed by atoms with Crippen LogP contribution in [0, 0.1) is 5.41 Å². The van der Waals surface area contributed by atoms with Crippen LogP contribution in [0.15, 0.2) is 0 Å². The van der Waals surface area contributed by atoms with Crippen molar-refractivity contribution in [3.8, 4) is 0 Å². The number of alkyl halides is 1. The third-order valence-corrected chi connectivity index (χ3v) is 3.75. The molecule has 0 radical (unpaired) electrons. The summed E-state index contributed by atoms with van der Waals surface area (Å²) >= 11 is 6.15. The normalized spacial score (nSPS) is 41.5. The van der Waals surface area contributed by atoms with Crippen molar-refractivity contribution in [2.45, 2.75) is 58.1 Å². The van der Waals surface area contributed by atoms with Crippen LogP contribution < -0.4 is 0 Å². The highest BCUT2D eigenvalue weighted by molar-refractivity contribution is 6.21. The van der Waals surface area contributed by atoms with Gasteiger partial charge in [-0.1, -0.05) is 13.8 Å². The van der Waals surface area contributed by atoms with Gasteiger partial charge in [0.2, 0.25) is 0 Å². The minimum absolute atomic E-state index is 0.214. The lowest BCUT2D eigenvalue weighted by Gasteiger charge is -2.51. The fraction of sp³-hybridized carbons (Fsp3) is 1.00. The van der Waals surface area contributed by atoms with E-state index in [-0.39, 0.29) is 5.41 Å². The maximum atomic E-state index is 6.15. The molecule has 0 aromatic rings. The van der Waals surface area contributed by atoms with E-state index in [9.17, 15) is 0 Å². The van der Waals surface area contributed by atoms with E-state index in [4.69, 9.17) is 16.3 Å². The first-order valence-corrected chi connectivity index (χ1v) is 5.24. The van der Waals surface area contributed by atoms with Crippen molar-refractivity contribution in [2.75, 3.05) is 0 Å². The molecule has 72 valence electrons. The number of halogens is 1. The van der Waals surface area contributed by atoms with Gasteiger partial charge < -0.3 is 4.74 Å². The molecule has 1 nitrogen and oxygen atoms in total. The maximum Gasteiger partial charge on any atom is 0.0660 e. The van der Waals surface area contributed by atoms with E-state index in [0.29, 0.717) is 17.6 Å². The van der Waals surface area contributed by atoms with Crippen LogP contribution in [0.1, 0.15) is 40.5 Å². The van der Waals surface area contributed by atoms with Gasteiger partial charge in [-0.2, -0.15) is 0 Å². The third-order valence-electron chi connectivity index (χ3n) is 3.07. The van der Waals surface area contributed by atoms with E-state index in [1.54, 1.807) is 0 Å². The zero-order valence-corrected chi connectivity index (χ0v) is 9.19. The minimum atomic E-state index is 0.214. The van der Waals surface area contributed by atoms with Gasteiger partial charge in [0.25, 0.3) is 0 Å². The molecule has 0 saturated heterocycles. The highest BCUT2D eigenvalue weighted by Gasteiger charge is 2.50. The van der Waals surface area contributed by atoms with E-state index in [0.717, 1.165) is 12.8 Å². The average molecular weight is 191 g/mol. The second kappa shape index (κ2) is 3.55. The van der Waals surface area contributed by atoms with Gasteiger partial charge in [-0.05, 0) is 26.7 Å². The number of rotatable bonds is 3. The Hall–Kier alpha value is 0.250. The van der Waals surface area contributed by atoms with Gasteiger partial charge in [-0.15, -0.1) is 11.6 Å². The summed E-state index contributed by atoms with van der Waals surface area (Å²) in [6.07, 6.45) is 2.83. The van der Waals surface area contributed by atoms with Gasteiger partial charge in [0.15, 0.2) is 0 Å². The van der Waals surface area contributed by atoms with Crippen LogP contribution in [0.3, 0.4) is 0 Å². The van der Waals surface area contributed by atoms with Crippen LogP contribution in [0.4, 0.5) is 0 Å². The molecule has 0 heterocycles. The van der Waals surface area contributed by atoms with E-state index in [1.807, 2.05) is 0 Å². The Bertz CT molecular complexity index is 158. The molecule has 1 saturated carbocycles. The Morgan fingerprint density at radius 1 is 1.58 bits per heavy atom.